The lowest BCUT2D eigenvalue weighted by Gasteiger charge is -2.32. The Morgan fingerprint density at radius 2 is 1.90 bits per heavy atom. The van der Waals surface area contributed by atoms with Crippen molar-refractivity contribution >= 4 is 12.6 Å². The Morgan fingerprint density at radius 1 is 1.20 bits per heavy atom. The maximum Gasteiger partial charge on any atom is 0.495 e. The van der Waals surface area contributed by atoms with Crippen molar-refractivity contribution in [1.82, 2.24) is 14.5 Å². The molecule has 0 aliphatic carbocycles. The zero-order valence-electron chi connectivity index (χ0n) is 17.7. The molecule has 1 aliphatic rings. The first kappa shape index (κ1) is 7.95. The number of pyridine rings is 1. The van der Waals surface area contributed by atoms with Gasteiger partial charge in [0.05, 0.1) is 18.1 Å². The van der Waals surface area contributed by atoms with Crippen LogP contribution in [0.15, 0.2) is 36.9 Å². The molecule has 2 aromatic heterocycles. The molecule has 0 saturated carbocycles. The van der Waals surface area contributed by atoms with Gasteiger partial charge in [0, 0.05) is 18.5 Å². The van der Waals surface area contributed by atoms with Crippen LogP contribution in [0.3, 0.4) is 0 Å². The van der Waals surface area contributed by atoms with E-state index < -0.39 is 43.1 Å². The van der Waals surface area contributed by atoms with Gasteiger partial charge in [0.25, 0.3) is 0 Å². The lowest BCUT2D eigenvalue weighted by atomic mass is 9.80. The fraction of sp³-hybridized carbons (Fsp3) is 0.429. The van der Waals surface area contributed by atoms with E-state index in [9.17, 15) is 0 Å². The molecule has 0 amide bonds. The molecule has 0 spiro atoms. The van der Waals surface area contributed by atoms with Crippen LogP contribution in [-0.2, 0) is 9.31 Å². The molecule has 3 heterocycles. The van der Waals surface area contributed by atoms with Crippen molar-refractivity contribution in [2.45, 2.75) is 38.9 Å². The van der Waals surface area contributed by atoms with E-state index in [-0.39, 0.29) is 23.4 Å². The highest BCUT2D eigenvalue weighted by molar-refractivity contribution is 6.62. The fourth-order valence-electron chi connectivity index (χ4n) is 1.78. The van der Waals surface area contributed by atoms with Gasteiger partial charge in [-0.3, -0.25) is 4.57 Å². The molecule has 6 heteroatoms. The Kier molecular flexibility index (Phi) is 1.76. The van der Waals surface area contributed by atoms with Crippen molar-refractivity contribution in [3.63, 3.8) is 0 Å². The third-order valence-corrected chi connectivity index (χ3v) is 3.67. The summed E-state index contributed by atoms with van der Waals surface area (Å²) in [7, 11) is -1.06. The second kappa shape index (κ2) is 4.43. The van der Waals surface area contributed by atoms with Crippen LogP contribution in [0.4, 0.5) is 0 Å². The van der Waals surface area contributed by atoms with Gasteiger partial charge in [-0.25, -0.2) is 9.97 Å². The highest BCUT2D eigenvalue weighted by Crippen LogP contribution is 2.36. The van der Waals surface area contributed by atoms with E-state index in [4.69, 9.17) is 17.5 Å². The maximum atomic E-state index is 8.45. The third kappa shape index (κ3) is 2.15. The fourth-order valence-corrected chi connectivity index (χ4v) is 1.78. The van der Waals surface area contributed by atoms with Gasteiger partial charge < -0.3 is 9.31 Å². The van der Waals surface area contributed by atoms with Crippen molar-refractivity contribution in [2.75, 3.05) is 0 Å². The molecule has 0 unspecified atom stereocenters. The lowest BCUT2D eigenvalue weighted by Crippen LogP contribution is -2.41. The van der Waals surface area contributed by atoms with Gasteiger partial charge in [0.15, 0.2) is 0 Å². The van der Waals surface area contributed by atoms with Crippen molar-refractivity contribution in [2.24, 2.45) is 0 Å². The normalized spacial score (nSPS) is 24.5. The second-order valence-corrected chi connectivity index (χ2v) is 5.57. The Hall–Kier alpha value is -1.66. The van der Waals surface area contributed by atoms with E-state index in [2.05, 4.69) is 9.97 Å². The first-order chi connectivity index (χ1) is 11.9. The number of hydrogen-bond donors (Lipinski definition) is 0. The monoisotopic (exact) mass is 277 g/mol. The number of nitrogens with zero attached hydrogens (tertiary/aromatic N) is 3. The summed E-state index contributed by atoms with van der Waals surface area (Å²) in [6.07, 6.45) is -1.75. The third-order valence-electron chi connectivity index (χ3n) is 3.67. The SMILES string of the molecule is [2H]c1nc(-n2c([2H])nc([2H])c2[2H])c([2H])c(B2OC(C)(C)C(C)(C)O2)c1[2H]. The molecule has 104 valence electrons. The standard InChI is InChI=1S/C14H18BN3O2/c1-13(2)14(3,4)20-15(19-13)11-5-6-17-12(9-11)18-8-7-16-10-18/h5-10H,1-4H3/i5D,6D,7D,8D,9D,10D. The van der Waals surface area contributed by atoms with Gasteiger partial charge in [-0.15, -0.1) is 0 Å². The number of aromatic nitrogens is 3. The van der Waals surface area contributed by atoms with Gasteiger partial charge in [-0.2, -0.15) is 0 Å². The van der Waals surface area contributed by atoms with Crippen LogP contribution in [0, 0.1) is 0 Å². The molecule has 1 saturated heterocycles. The molecule has 3 rings (SSSR count). The quantitative estimate of drug-likeness (QED) is 0.782. The highest BCUT2D eigenvalue weighted by atomic mass is 16.7. The van der Waals surface area contributed by atoms with Crippen LogP contribution in [0.5, 0.6) is 0 Å². The Labute approximate surface area is 127 Å². The average molecular weight is 277 g/mol. The molecule has 0 bridgehead atoms. The van der Waals surface area contributed by atoms with Gasteiger partial charge in [0.2, 0.25) is 0 Å². The lowest BCUT2D eigenvalue weighted by molar-refractivity contribution is 0.00578. The van der Waals surface area contributed by atoms with E-state index in [1.165, 1.54) is 0 Å². The van der Waals surface area contributed by atoms with Crippen LogP contribution in [0.25, 0.3) is 5.82 Å². The summed E-state index contributed by atoms with van der Waals surface area (Å²) in [5, 5.41) is 0. The van der Waals surface area contributed by atoms with E-state index in [1.807, 2.05) is 27.7 Å². The number of hydrogen-bond acceptors (Lipinski definition) is 4. The molecule has 1 fully saturated rings. The van der Waals surface area contributed by atoms with Crippen molar-refractivity contribution in [3.05, 3.63) is 36.9 Å². The van der Waals surface area contributed by atoms with Crippen molar-refractivity contribution < 1.29 is 17.5 Å². The van der Waals surface area contributed by atoms with Crippen LogP contribution in [0.1, 0.15) is 35.9 Å². The summed E-state index contributed by atoms with van der Waals surface area (Å²) < 4.78 is 60.5. The van der Waals surface area contributed by atoms with E-state index in [1.54, 1.807) is 0 Å². The summed E-state index contributed by atoms with van der Waals surface area (Å²) >= 11 is 0. The molecule has 0 radical (unpaired) electrons. The van der Waals surface area contributed by atoms with Crippen molar-refractivity contribution in [3.8, 4) is 5.82 Å². The minimum absolute atomic E-state index is 0.00215. The van der Waals surface area contributed by atoms with Crippen LogP contribution >= 0.6 is 0 Å². The van der Waals surface area contributed by atoms with Gasteiger partial charge in [0.1, 0.15) is 13.5 Å². The molecule has 1 aliphatic heterocycles. The average Bonchev–Trinajstić information content (AvgIpc) is 2.87. The molecule has 2 aromatic rings. The summed E-state index contributed by atoms with van der Waals surface area (Å²) in [5.41, 5.74) is -1.41. The molecule has 5 nitrogen and oxygen atoms in total. The highest BCUT2D eigenvalue weighted by Gasteiger charge is 2.51. The Morgan fingerprint density at radius 3 is 2.50 bits per heavy atom. The zero-order chi connectivity index (χ0) is 19.6. The van der Waals surface area contributed by atoms with Crippen LogP contribution < -0.4 is 5.46 Å². The van der Waals surface area contributed by atoms with Crippen LogP contribution in [-0.4, -0.2) is 32.9 Å². The van der Waals surface area contributed by atoms with Crippen LogP contribution in [0.2, 0.25) is 0 Å². The predicted molar refractivity (Wildman–Crippen MR) is 77.1 cm³/mol. The number of imidazole rings is 1. The summed E-state index contributed by atoms with van der Waals surface area (Å²) in [5.74, 6) is -0.225. The molecule has 0 N–H and O–H groups in total. The first-order valence-corrected chi connectivity index (χ1v) is 6.23. The molecule has 0 aromatic carbocycles. The van der Waals surface area contributed by atoms with E-state index >= 15 is 0 Å². The summed E-state index contributed by atoms with van der Waals surface area (Å²) in [4.78, 5) is 7.43. The Bertz CT molecular complexity index is 886. The predicted octanol–water partition coefficient (Wildman–Crippen LogP) is 1.57. The van der Waals surface area contributed by atoms with Crippen molar-refractivity contribution in [1.29, 1.82) is 0 Å². The summed E-state index contributed by atoms with van der Waals surface area (Å²) in [6.45, 7) is 7.32. The van der Waals surface area contributed by atoms with E-state index in [0.29, 0.717) is 0 Å². The summed E-state index contributed by atoms with van der Waals surface area (Å²) in [6, 6.07) is -0.620. The number of rotatable bonds is 2. The molecular weight excluding hydrogens is 253 g/mol. The maximum absolute atomic E-state index is 8.45. The molecular formula is C14H18BN3O2. The van der Waals surface area contributed by atoms with Gasteiger partial charge in [-0.05, 0) is 45.2 Å². The molecule has 20 heavy (non-hydrogen) atoms. The minimum Gasteiger partial charge on any atom is -0.399 e. The second-order valence-electron chi connectivity index (χ2n) is 5.57. The zero-order valence-corrected chi connectivity index (χ0v) is 11.7. The topological polar surface area (TPSA) is 49.2 Å². The first-order valence-electron chi connectivity index (χ1n) is 9.23. The smallest absolute Gasteiger partial charge is 0.399 e. The largest absolute Gasteiger partial charge is 0.495 e. The Balaban J connectivity index is 2.21. The molecule has 0 atom stereocenters. The van der Waals surface area contributed by atoms with Gasteiger partial charge in [-0.1, -0.05) is 0 Å². The van der Waals surface area contributed by atoms with E-state index in [0.717, 1.165) is 4.57 Å². The minimum atomic E-state index is -1.06. The van der Waals surface area contributed by atoms with Gasteiger partial charge >= 0.3 is 7.12 Å².